The summed E-state index contributed by atoms with van der Waals surface area (Å²) in [6.07, 6.45) is 0.583. The predicted molar refractivity (Wildman–Crippen MR) is 79.2 cm³/mol. The Morgan fingerprint density at radius 2 is 2.19 bits per heavy atom. The second-order valence-corrected chi connectivity index (χ2v) is 6.88. The fraction of sp³-hybridized carbons (Fsp3) is 0.467. The molecule has 21 heavy (non-hydrogen) atoms. The number of fused-ring (bicyclic) bond motifs is 3. The molecular formula is C15H16N2O3S. The van der Waals surface area contributed by atoms with E-state index in [9.17, 15) is 15.0 Å². The lowest BCUT2D eigenvalue weighted by Gasteiger charge is -2.34. The molecule has 110 valence electrons. The number of rotatable bonds is 2. The van der Waals surface area contributed by atoms with Crippen LogP contribution in [0.25, 0.3) is 10.1 Å². The van der Waals surface area contributed by atoms with Crippen molar-refractivity contribution in [2.45, 2.75) is 37.0 Å². The van der Waals surface area contributed by atoms with E-state index in [1.165, 1.54) is 11.5 Å². The number of nitrogens with zero attached hydrogens (tertiary/aromatic N) is 1. The van der Waals surface area contributed by atoms with Crippen molar-refractivity contribution in [2.24, 2.45) is 5.92 Å². The van der Waals surface area contributed by atoms with Gasteiger partial charge in [-0.2, -0.15) is 4.37 Å². The van der Waals surface area contributed by atoms with Gasteiger partial charge >= 0.3 is 0 Å². The van der Waals surface area contributed by atoms with Crippen LogP contribution >= 0.6 is 11.5 Å². The van der Waals surface area contributed by atoms with E-state index in [1.54, 1.807) is 0 Å². The molecule has 0 saturated heterocycles. The zero-order valence-corrected chi connectivity index (χ0v) is 12.1. The molecule has 2 aliphatic carbocycles. The van der Waals surface area contributed by atoms with Gasteiger partial charge in [0.1, 0.15) is 11.8 Å². The van der Waals surface area contributed by atoms with Crippen molar-refractivity contribution in [1.29, 1.82) is 0 Å². The van der Waals surface area contributed by atoms with Crippen LogP contribution in [0.15, 0.2) is 24.3 Å². The molecular weight excluding hydrogens is 288 g/mol. The highest BCUT2D eigenvalue weighted by Gasteiger charge is 2.58. The van der Waals surface area contributed by atoms with Crippen LogP contribution in [0, 0.1) is 5.92 Å². The Morgan fingerprint density at radius 3 is 2.95 bits per heavy atom. The first-order valence-corrected chi connectivity index (χ1v) is 7.91. The maximum Gasteiger partial charge on any atom is 0.272 e. The van der Waals surface area contributed by atoms with Gasteiger partial charge in [0.25, 0.3) is 5.91 Å². The topological polar surface area (TPSA) is 82.5 Å². The summed E-state index contributed by atoms with van der Waals surface area (Å²) in [6.45, 7) is 0. The van der Waals surface area contributed by atoms with Crippen molar-refractivity contribution in [1.82, 2.24) is 9.69 Å². The molecule has 1 heterocycles. The molecule has 4 atom stereocenters. The third kappa shape index (κ3) is 1.83. The van der Waals surface area contributed by atoms with Gasteiger partial charge in [-0.3, -0.25) is 4.79 Å². The standard InChI is InChI=1S/C15H16N2O3S/c18-12-8-5-6-15(7-8,13(12)19)16-14(20)11-9-3-1-2-4-10(9)21-17-11/h1-4,8,12-13,18-19H,5-7H2,(H,16,20)/t8?,12-,13-,15?/m0/s1. The van der Waals surface area contributed by atoms with E-state index in [0.29, 0.717) is 18.5 Å². The fourth-order valence-electron chi connectivity index (χ4n) is 3.78. The highest BCUT2D eigenvalue weighted by molar-refractivity contribution is 7.13. The number of hydrogen-bond donors (Lipinski definition) is 3. The second kappa shape index (κ2) is 4.50. The number of carbonyl (C=O) groups is 1. The van der Waals surface area contributed by atoms with Gasteiger partial charge in [0.2, 0.25) is 0 Å². The largest absolute Gasteiger partial charge is 0.390 e. The minimum Gasteiger partial charge on any atom is -0.390 e. The third-order valence-electron chi connectivity index (χ3n) is 4.92. The monoisotopic (exact) mass is 304 g/mol. The number of nitrogens with one attached hydrogen (secondary N) is 1. The van der Waals surface area contributed by atoms with Crippen molar-refractivity contribution in [3.8, 4) is 0 Å². The number of hydrogen-bond acceptors (Lipinski definition) is 5. The van der Waals surface area contributed by atoms with E-state index in [1.807, 2.05) is 24.3 Å². The van der Waals surface area contributed by atoms with Gasteiger partial charge in [0, 0.05) is 5.39 Å². The molecule has 4 rings (SSSR count). The first-order chi connectivity index (χ1) is 10.1. The van der Waals surface area contributed by atoms with Gasteiger partial charge in [-0.25, -0.2) is 0 Å². The van der Waals surface area contributed by atoms with E-state index in [-0.39, 0.29) is 11.8 Å². The average molecular weight is 304 g/mol. The van der Waals surface area contributed by atoms with Crippen molar-refractivity contribution < 1.29 is 15.0 Å². The predicted octanol–water partition coefficient (Wildman–Crippen LogP) is 1.30. The molecule has 2 unspecified atom stereocenters. The number of aromatic nitrogens is 1. The van der Waals surface area contributed by atoms with Gasteiger partial charge in [-0.05, 0) is 42.8 Å². The van der Waals surface area contributed by atoms with Crippen LogP contribution in [0.4, 0.5) is 0 Å². The van der Waals surface area contributed by atoms with E-state index < -0.39 is 17.7 Å². The molecule has 2 bridgehead atoms. The van der Waals surface area contributed by atoms with E-state index in [4.69, 9.17) is 0 Å². The summed E-state index contributed by atoms with van der Waals surface area (Å²) in [4.78, 5) is 12.6. The molecule has 2 saturated carbocycles. The maximum absolute atomic E-state index is 12.6. The Balaban J connectivity index is 1.64. The van der Waals surface area contributed by atoms with Gasteiger partial charge in [0.15, 0.2) is 0 Å². The molecule has 1 aromatic heterocycles. The molecule has 0 aliphatic heterocycles. The summed E-state index contributed by atoms with van der Waals surface area (Å²) >= 11 is 1.30. The summed E-state index contributed by atoms with van der Waals surface area (Å²) in [5, 5.41) is 24.0. The van der Waals surface area contributed by atoms with Crippen LogP contribution in [0.5, 0.6) is 0 Å². The Hall–Kier alpha value is -1.50. The van der Waals surface area contributed by atoms with Crippen LogP contribution in [0.3, 0.4) is 0 Å². The number of aliphatic hydroxyl groups is 2. The Bertz CT molecular complexity index is 716. The molecule has 2 aromatic rings. The van der Waals surface area contributed by atoms with Crippen molar-refractivity contribution in [3.05, 3.63) is 30.0 Å². The molecule has 2 fully saturated rings. The highest BCUT2D eigenvalue weighted by Crippen LogP contribution is 2.48. The van der Waals surface area contributed by atoms with Crippen molar-refractivity contribution in [3.63, 3.8) is 0 Å². The Morgan fingerprint density at radius 1 is 1.38 bits per heavy atom. The molecule has 1 aromatic carbocycles. The van der Waals surface area contributed by atoms with Gasteiger partial charge in [-0.1, -0.05) is 18.2 Å². The lowest BCUT2D eigenvalue weighted by Crippen LogP contribution is -2.56. The zero-order valence-electron chi connectivity index (χ0n) is 11.3. The van der Waals surface area contributed by atoms with E-state index in [2.05, 4.69) is 9.69 Å². The fourth-order valence-corrected chi connectivity index (χ4v) is 4.56. The molecule has 1 amide bonds. The number of aliphatic hydroxyl groups excluding tert-OH is 2. The first-order valence-electron chi connectivity index (χ1n) is 7.14. The molecule has 0 spiro atoms. The van der Waals surface area contributed by atoms with Crippen LogP contribution < -0.4 is 5.32 Å². The SMILES string of the molecule is O=C(NC12CCC(C1)[C@H](O)[C@@H]2O)c1nsc2ccccc12. The van der Waals surface area contributed by atoms with Crippen molar-refractivity contribution in [2.75, 3.05) is 0 Å². The second-order valence-electron chi connectivity index (χ2n) is 6.08. The van der Waals surface area contributed by atoms with Crippen LogP contribution in [0.2, 0.25) is 0 Å². The summed E-state index contributed by atoms with van der Waals surface area (Å²) in [7, 11) is 0. The van der Waals surface area contributed by atoms with Gasteiger partial charge in [-0.15, -0.1) is 0 Å². The number of benzene rings is 1. The first kappa shape index (κ1) is 13.2. The number of amides is 1. The van der Waals surface area contributed by atoms with E-state index in [0.717, 1.165) is 16.5 Å². The smallest absolute Gasteiger partial charge is 0.272 e. The summed E-state index contributed by atoms with van der Waals surface area (Å²) in [5.74, 6) is -0.172. The van der Waals surface area contributed by atoms with E-state index >= 15 is 0 Å². The average Bonchev–Trinajstić information content (AvgIpc) is 3.14. The zero-order chi connectivity index (χ0) is 14.6. The van der Waals surface area contributed by atoms with Crippen LogP contribution in [-0.2, 0) is 0 Å². The quantitative estimate of drug-likeness (QED) is 0.781. The molecule has 6 heteroatoms. The minimum atomic E-state index is -0.884. The van der Waals surface area contributed by atoms with Crippen LogP contribution in [0.1, 0.15) is 29.8 Å². The molecule has 0 radical (unpaired) electrons. The normalized spacial score (nSPS) is 34.5. The maximum atomic E-state index is 12.6. The Kier molecular flexibility index (Phi) is 2.82. The molecule has 5 nitrogen and oxygen atoms in total. The third-order valence-corrected chi connectivity index (χ3v) is 5.74. The Labute approximate surface area is 125 Å². The minimum absolute atomic E-state index is 0.0903. The summed E-state index contributed by atoms with van der Waals surface area (Å²) in [5.41, 5.74) is -0.284. The van der Waals surface area contributed by atoms with Gasteiger partial charge in [0.05, 0.1) is 16.3 Å². The van der Waals surface area contributed by atoms with Gasteiger partial charge < -0.3 is 15.5 Å². The molecule has 3 N–H and O–H groups in total. The number of carbonyl (C=O) groups excluding carboxylic acids is 1. The lowest BCUT2D eigenvalue weighted by atomic mass is 9.88. The summed E-state index contributed by atoms with van der Waals surface area (Å²) in [6, 6.07) is 7.61. The lowest BCUT2D eigenvalue weighted by molar-refractivity contribution is -0.0321. The molecule has 2 aliphatic rings. The highest BCUT2D eigenvalue weighted by atomic mass is 32.1. The van der Waals surface area contributed by atoms with Crippen molar-refractivity contribution >= 4 is 27.5 Å². The summed E-state index contributed by atoms with van der Waals surface area (Å²) < 4.78 is 5.21. The van der Waals surface area contributed by atoms with Crippen LogP contribution in [-0.4, -0.2) is 38.2 Å².